The van der Waals surface area contributed by atoms with Crippen LogP contribution < -0.4 is 19.5 Å². The average molecular weight is 411 g/mol. The second-order valence-electron chi connectivity index (χ2n) is 6.88. The maximum Gasteiger partial charge on any atom is 0.258 e. The number of aromatic nitrogens is 2. The quantitative estimate of drug-likeness (QED) is 0.575. The Kier molecular flexibility index (Phi) is 6.90. The van der Waals surface area contributed by atoms with Gasteiger partial charge in [-0.2, -0.15) is 4.98 Å². The van der Waals surface area contributed by atoms with Crippen LogP contribution in [0.1, 0.15) is 31.2 Å². The Labute approximate surface area is 175 Å². The lowest BCUT2D eigenvalue weighted by Crippen LogP contribution is -2.28. The summed E-state index contributed by atoms with van der Waals surface area (Å²) < 4.78 is 21.3. The van der Waals surface area contributed by atoms with Crippen LogP contribution in [-0.2, 0) is 11.3 Å². The fourth-order valence-electron chi connectivity index (χ4n) is 2.67. The molecule has 30 heavy (non-hydrogen) atoms. The number of hydrogen-bond donors (Lipinski definition) is 1. The van der Waals surface area contributed by atoms with Gasteiger partial charge < -0.3 is 24.1 Å². The van der Waals surface area contributed by atoms with E-state index in [0.29, 0.717) is 35.5 Å². The van der Waals surface area contributed by atoms with Crippen molar-refractivity contribution in [3.8, 4) is 28.7 Å². The van der Waals surface area contributed by atoms with Gasteiger partial charge >= 0.3 is 0 Å². The van der Waals surface area contributed by atoms with Gasteiger partial charge in [0.1, 0.15) is 17.2 Å². The van der Waals surface area contributed by atoms with E-state index in [2.05, 4.69) is 15.5 Å². The van der Waals surface area contributed by atoms with Crippen LogP contribution in [0, 0.1) is 0 Å². The Bertz CT molecular complexity index is 983. The van der Waals surface area contributed by atoms with E-state index in [9.17, 15) is 4.79 Å². The summed E-state index contributed by atoms with van der Waals surface area (Å²) in [6, 6.07) is 12.6. The van der Waals surface area contributed by atoms with Gasteiger partial charge in [-0.05, 0) is 36.4 Å². The third-order valence-corrected chi connectivity index (χ3v) is 4.40. The van der Waals surface area contributed by atoms with Gasteiger partial charge in [0.05, 0.1) is 14.2 Å². The number of carbonyl (C=O) groups is 1. The van der Waals surface area contributed by atoms with Crippen molar-refractivity contribution < 1.29 is 23.5 Å². The molecule has 0 aliphatic rings. The molecule has 0 saturated carbocycles. The molecular formula is C22H25N3O5. The summed E-state index contributed by atoms with van der Waals surface area (Å²) in [5.74, 6) is 2.98. The number of methoxy groups -OCH3 is 2. The van der Waals surface area contributed by atoms with Gasteiger partial charge in [0.15, 0.2) is 12.4 Å². The van der Waals surface area contributed by atoms with Crippen LogP contribution in [0.5, 0.6) is 17.2 Å². The Morgan fingerprint density at radius 2 is 1.80 bits per heavy atom. The molecule has 3 rings (SSSR count). The number of carbonyl (C=O) groups excluding carboxylic acids is 1. The topological polar surface area (TPSA) is 95.7 Å². The first-order valence-corrected chi connectivity index (χ1v) is 9.54. The highest BCUT2D eigenvalue weighted by atomic mass is 16.5. The predicted octanol–water partition coefficient (Wildman–Crippen LogP) is 3.57. The number of nitrogens with one attached hydrogen (secondary N) is 1. The molecule has 0 radical (unpaired) electrons. The van der Waals surface area contributed by atoms with Crippen molar-refractivity contribution in [3.63, 3.8) is 0 Å². The molecule has 1 N–H and O–H groups in total. The Hall–Kier alpha value is -3.55. The number of benzene rings is 2. The van der Waals surface area contributed by atoms with Crippen molar-refractivity contribution in [1.82, 2.24) is 15.5 Å². The molecule has 8 nitrogen and oxygen atoms in total. The highest BCUT2D eigenvalue weighted by Gasteiger charge is 2.12. The average Bonchev–Trinajstić information content (AvgIpc) is 3.27. The van der Waals surface area contributed by atoms with E-state index in [-0.39, 0.29) is 18.4 Å². The van der Waals surface area contributed by atoms with Crippen molar-refractivity contribution in [2.75, 3.05) is 20.8 Å². The second kappa shape index (κ2) is 9.78. The minimum absolute atomic E-state index is 0.101. The van der Waals surface area contributed by atoms with Crippen LogP contribution in [0.2, 0.25) is 0 Å². The van der Waals surface area contributed by atoms with Gasteiger partial charge in [0.2, 0.25) is 0 Å². The molecule has 1 heterocycles. The molecule has 0 saturated heterocycles. The van der Waals surface area contributed by atoms with Gasteiger partial charge in [0, 0.05) is 29.7 Å². The van der Waals surface area contributed by atoms with Gasteiger partial charge in [-0.1, -0.05) is 19.0 Å². The zero-order valence-corrected chi connectivity index (χ0v) is 17.5. The van der Waals surface area contributed by atoms with E-state index >= 15 is 0 Å². The minimum Gasteiger partial charge on any atom is -0.497 e. The van der Waals surface area contributed by atoms with E-state index in [4.69, 9.17) is 18.7 Å². The molecule has 0 fully saturated rings. The summed E-state index contributed by atoms with van der Waals surface area (Å²) in [4.78, 5) is 16.5. The SMILES string of the molecule is COc1ccc(CNC(=O)COc2ccc(-c3nc(C(C)C)no3)cc2)c(OC)c1. The molecular weight excluding hydrogens is 386 g/mol. The van der Waals surface area contributed by atoms with Crippen LogP contribution in [0.15, 0.2) is 47.0 Å². The first-order chi connectivity index (χ1) is 14.5. The van der Waals surface area contributed by atoms with Gasteiger partial charge in [-0.3, -0.25) is 4.79 Å². The number of rotatable bonds is 9. The smallest absolute Gasteiger partial charge is 0.258 e. The molecule has 0 unspecified atom stereocenters. The van der Waals surface area contributed by atoms with E-state index < -0.39 is 0 Å². The van der Waals surface area contributed by atoms with E-state index in [1.807, 2.05) is 38.1 Å². The van der Waals surface area contributed by atoms with Crippen molar-refractivity contribution in [2.24, 2.45) is 0 Å². The van der Waals surface area contributed by atoms with Crippen LogP contribution >= 0.6 is 0 Å². The third-order valence-electron chi connectivity index (χ3n) is 4.40. The standard InChI is InChI=1S/C22H25N3O5/c1-14(2)21-24-22(30-25-21)15-5-8-17(9-6-15)29-13-20(26)23-12-16-7-10-18(27-3)11-19(16)28-4/h5-11,14H,12-13H2,1-4H3,(H,23,26). The maximum atomic E-state index is 12.1. The van der Waals surface area contributed by atoms with Crippen LogP contribution in [0.3, 0.4) is 0 Å². The van der Waals surface area contributed by atoms with Gasteiger partial charge in [-0.25, -0.2) is 0 Å². The maximum absolute atomic E-state index is 12.1. The molecule has 0 aliphatic heterocycles. The Morgan fingerprint density at radius 3 is 2.43 bits per heavy atom. The first-order valence-electron chi connectivity index (χ1n) is 9.54. The van der Waals surface area contributed by atoms with E-state index in [1.165, 1.54) is 0 Å². The van der Waals surface area contributed by atoms with E-state index in [0.717, 1.165) is 11.1 Å². The fourth-order valence-corrected chi connectivity index (χ4v) is 2.67. The number of ether oxygens (including phenoxy) is 3. The van der Waals surface area contributed by atoms with Gasteiger partial charge in [-0.15, -0.1) is 0 Å². The van der Waals surface area contributed by atoms with Gasteiger partial charge in [0.25, 0.3) is 11.8 Å². The lowest BCUT2D eigenvalue weighted by Gasteiger charge is -2.12. The molecule has 0 atom stereocenters. The number of nitrogens with zero attached hydrogens (tertiary/aromatic N) is 2. The van der Waals surface area contributed by atoms with Crippen LogP contribution in [0.4, 0.5) is 0 Å². The molecule has 8 heteroatoms. The Morgan fingerprint density at radius 1 is 1.07 bits per heavy atom. The molecule has 1 aromatic heterocycles. The minimum atomic E-state index is -0.240. The monoisotopic (exact) mass is 411 g/mol. The van der Waals surface area contributed by atoms with Crippen LogP contribution in [-0.4, -0.2) is 36.9 Å². The van der Waals surface area contributed by atoms with Crippen LogP contribution in [0.25, 0.3) is 11.5 Å². The summed E-state index contributed by atoms with van der Waals surface area (Å²) in [5, 5.41) is 6.77. The summed E-state index contributed by atoms with van der Waals surface area (Å²) in [6.07, 6.45) is 0. The molecule has 2 aromatic carbocycles. The summed E-state index contributed by atoms with van der Waals surface area (Å²) >= 11 is 0. The lowest BCUT2D eigenvalue weighted by atomic mass is 10.2. The fraction of sp³-hybridized carbons (Fsp3) is 0.318. The lowest BCUT2D eigenvalue weighted by molar-refractivity contribution is -0.123. The number of amides is 1. The largest absolute Gasteiger partial charge is 0.497 e. The predicted molar refractivity (Wildman–Crippen MR) is 111 cm³/mol. The molecule has 1 amide bonds. The highest BCUT2D eigenvalue weighted by molar-refractivity contribution is 5.77. The molecule has 0 bridgehead atoms. The zero-order valence-electron chi connectivity index (χ0n) is 17.5. The molecule has 158 valence electrons. The molecule has 0 aliphatic carbocycles. The second-order valence-corrected chi connectivity index (χ2v) is 6.88. The molecule has 3 aromatic rings. The summed E-state index contributed by atoms with van der Waals surface area (Å²) in [7, 11) is 3.16. The normalized spacial score (nSPS) is 10.7. The van der Waals surface area contributed by atoms with Crippen molar-refractivity contribution in [1.29, 1.82) is 0 Å². The van der Waals surface area contributed by atoms with Crippen molar-refractivity contribution >= 4 is 5.91 Å². The molecule has 0 spiro atoms. The first kappa shape index (κ1) is 21.2. The summed E-state index contributed by atoms with van der Waals surface area (Å²) in [5.41, 5.74) is 1.63. The van der Waals surface area contributed by atoms with E-state index in [1.54, 1.807) is 32.4 Å². The number of hydrogen-bond acceptors (Lipinski definition) is 7. The Balaban J connectivity index is 1.51. The zero-order chi connectivity index (χ0) is 21.5. The van der Waals surface area contributed by atoms with Crippen molar-refractivity contribution in [2.45, 2.75) is 26.3 Å². The third kappa shape index (κ3) is 5.28. The summed E-state index contributed by atoms with van der Waals surface area (Å²) in [6.45, 7) is 4.22. The van der Waals surface area contributed by atoms with Crippen molar-refractivity contribution in [3.05, 3.63) is 53.9 Å². The highest BCUT2D eigenvalue weighted by Crippen LogP contribution is 2.25.